The Bertz CT molecular complexity index is 1260. The summed E-state index contributed by atoms with van der Waals surface area (Å²) in [6.07, 6.45) is -4.62. The predicted molar refractivity (Wildman–Crippen MR) is 112 cm³/mol. The Labute approximate surface area is 190 Å². The SMILES string of the molecule is Cc1cc(=O)c(C(=O)OC(C)C(=O)Nc2ccc(Cl)cn2)nn1-c1cccc(C(F)(F)F)c1. The van der Waals surface area contributed by atoms with E-state index in [1.54, 1.807) is 0 Å². The molecule has 0 aliphatic rings. The van der Waals surface area contributed by atoms with Gasteiger partial charge in [0.2, 0.25) is 11.1 Å². The van der Waals surface area contributed by atoms with Gasteiger partial charge in [-0.15, -0.1) is 0 Å². The Morgan fingerprint density at radius 3 is 2.55 bits per heavy atom. The normalized spacial score (nSPS) is 12.2. The molecule has 1 aromatic carbocycles. The maximum atomic E-state index is 13.0. The van der Waals surface area contributed by atoms with Crippen molar-refractivity contribution in [3.05, 3.63) is 80.9 Å². The van der Waals surface area contributed by atoms with E-state index in [0.717, 1.165) is 22.9 Å². The molecule has 2 heterocycles. The smallest absolute Gasteiger partial charge is 0.416 e. The van der Waals surface area contributed by atoms with Crippen LogP contribution in [0.15, 0.2) is 53.5 Å². The fourth-order valence-corrected chi connectivity index (χ4v) is 2.82. The van der Waals surface area contributed by atoms with E-state index in [1.165, 1.54) is 44.3 Å². The third-order valence-corrected chi connectivity index (χ3v) is 4.57. The summed E-state index contributed by atoms with van der Waals surface area (Å²) < 4.78 is 45.2. The van der Waals surface area contributed by atoms with Gasteiger partial charge in [-0.2, -0.15) is 18.3 Å². The van der Waals surface area contributed by atoms with Gasteiger partial charge in [-0.25, -0.2) is 14.5 Å². The number of aromatic nitrogens is 3. The van der Waals surface area contributed by atoms with E-state index in [-0.39, 0.29) is 17.2 Å². The molecule has 1 amide bonds. The maximum absolute atomic E-state index is 13.0. The van der Waals surface area contributed by atoms with Gasteiger partial charge in [0, 0.05) is 18.0 Å². The Morgan fingerprint density at radius 2 is 1.91 bits per heavy atom. The van der Waals surface area contributed by atoms with Crippen molar-refractivity contribution in [1.82, 2.24) is 14.8 Å². The molecule has 0 saturated heterocycles. The second-order valence-corrected chi connectivity index (χ2v) is 7.29. The molecule has 8 nitrogen and oxygen atoms in total. The summed E-state index contributed by atoms with van der Waals surface area (Å²) in [5.74, 6) is -1.79. The summed E-state index contributed by atoms with van der Waals surface area (Å²) in [7, 11) is 0. The lowest BCUT2D eigenvalue weighted by Crippen LogP contribution is -2.33. The van der Waals surface area contributed by atoms with Crippen LogP contribution in [-0.4, -0.2) is 32.7 Å². The number of benzene rings is 1. The summed E-state index contributed by atoms with van der Waals surface area (Å²) in [4.78, 5) is 40.9. The van der Waals surface area contributed by atoms with Crippen LogP contribution >= 0.6 is 11.6 Å². The molecule has 0 bridgehead atoms. The molecule has 0 spiro atoms. The number of ether oxygens (including phenoxy) is 1. The summed E-state index contributed by atoms with van der Waals surface area (Å²) in [5, 5.41) is 6.64. The molecule has 0 saturated carbocycles. The predicted octanol–water partition coefficient (Wildman–Crippen LogP) is 3.79. The number of carbonyl (C=O) groups is 2. The lowest BCUT2D eigenvalue weighted by atomic mass is 10.2. The minimum atomic E-state index is -4.59. The van der Waals surface area contributed by atoms with E-state index >= 15 is 0 Å². The highest BCUT2D eigenvalue weighted by Gasteiger charge is 2.31. The molecule has 3 rings (SSSR count). The van der Waals surface area contributed by atoms with Crippen LogP contribution in [0.25, 0.3) is 5.69 Å². The van der Waals surface area contributed by atoms with Gasteiger partial charge in [0.25, 0.3) is 5.91 Å². The van der Waals surface area contributed by atoms with Crippen LogP contribution in [0.5, 0.6) is 0 Å². The van der Waals surface area contributed by atoms with Gasteiger partial charge in [-0.05, 0) is 44.2 Å². The summed E-state index contributed by atoms with van der Waals surface area (Å²) in [5.41, 5.74) is -2.26. The zero-order valence-corrected chi connectivity index (χ0v) is 17.9. The molecule has 33 heavy (non-hydrogen) atoms. The highest BCUT2D eigenvalue weighted by atomic mass is 35.5. The molecule has 172 valence electrons. The molecule has 1 unspecified atom stereocenters. The van der Waals surface area contributed by atoms with Crippen molar-refractivity contribution >= 4 is 29.3 Å². The van der Waals surface area contributed by atoms with Gasteiger partial charge in [-0.3, -0.25) is 9.59 Å². The van der Waals surface area contributed by atoms with Gasteiger partial charge in [0.1, 0.15) is 5.82 Å². The summed E-state index contributed by atoms with van der Waals surface area (Å²) in [6, 6.07) is 8.18. The summed E-state index contributed by atoms with van der Waals surface area (Å²) in [6.45, 7) is 2.71. The molecule has 3 aromatic rings. The number of anilines is 1. The average molecular weight is 481 g/mol. The number of pyridine rings is 1. The van der Waals surface area contributed by atoms with Crippen LogP contribution in [0.4, 0.5) is 19.0 Å². The minimum Gasteiger partial charge on any atom is -0.448 e. The number of nitrogens with zero attached hydrogens (tertiary/aromatic N) is 3. The van der Waals surface area contributed by atoms with E-state index < -0.39 is 40.8 Å². The first-order chi connectivity index (χ1) is 15.5. The number of alkyl halides is 3. The number of rotatable bonds is 5. The van der Waals surface area contributed by atoms with Gasteiger partial charge >= 0.3 is 12.1 Å². The van der Waals surface area contributed by atoms with Crippen molar-refractivity contribution < 1.29 is 27.5 Å². The van der Waals surface area contributed by atoms with Crippen LogP contribution in [0, 0.1) is 6.92 Å². The van der Waals surface area contributed by atoms with Crippen molar-refractivity contribution in [2.24, 2.45) is 0 Å². The highest BCUT2D eigenvalue weighted by Crippen LogP contribution is 2.30. The molecule has 0 aliphatic heterocycles. The second-order valence-electron chi connectivity index (χ2n) is 6.86. The quantitative estimate of drug-likeness (QED) is 0.557. The van der Waals surface area contributed by atoms with Crippen LogP contribution in [0.2, 0.25) is 5.02 Å². The van der Waals surface area contributed by atoms with E-state index in [4.69, 9.17) is 16.3 Å². The van der Waals surface area contributed by atoms with Crippen molar-refractivity contribution in [2.45, 2.75) is 26.1 Å². The number of hydrogen-bond donors (Lipinski definition) is 1. The Morgan fingerprint density at radius 1 is 1.18 bits per heavy atom. The van der Waals surface area contributed by atoms with E-state index in [0.29, 0.717) is 5.02 Å². The molecule has 0 fully saturated rings. The first kappa shape index (κ1) is 23.9. The topological polar surface area (TPSA) is 103 Å². The number of halogens is 4. The molecule has 0 radical (unpaired) electrons. The van der Waals surface area contributed by atoms with Crippen molar-refractivity contribution in [3.8, 4) is 5.69 Å². The van der Waals surface area contributed by atoms with Gasteiger partial charge in [0.05, 0.1) is 16.3 Å². The fourth-order valence-electron chi connectivity index (χ4n) is 2.71. The molecule has 2 aromatic heterocycles. The molecule has 0 aliphatic carbocycles. The number of esters is 1. The van der Waals surface area contributed by atoms with Crippen LogP contribution in [0.3, 0.4) is 0 Å². The Kier molecular flexibility index (Phi) is 6.82. The van der Waals surface area contributed by atoms with Crippen LogP contribution in [-0.2, 0) is 15.7 Å². The molecule has 1 atom stereocenters. The fraction of sp³-hybridized carbons (Fsp3) is 0.190. The van der Waals surface area contributed by atoms with Gasteiger partial charge in [-0.1, -0.05) is 17.7 Å². The Balaban J connectivity index is 1.83. The lowest BCUT2D eigenvalue weighted by Gasteiger charge is -2.15. The van der Waals surface area contributed by atoms with Gasteiger partial charge in [0.15, 0.2) is 6.10 Å². The number of amides is 1. The number of carbonyl (C=O) groups excluding carboxylic acids is 2. The maximum Gasteiger partial charge on any atom is 0.416 e. The molecule has 12 heteroatoms. The monoisotopic (exact) mass is 480 g/mol. The second kappa shape index (κ2) is 9.41. The van der Waals surface area contributed by atoms with Crippen molar-refractivity contribution in [1.29, 1.82) is 0 Å². The van der Waals surface area contributed by atoms with Crippen LogP contribution < -0.4 is 10.7 Å². The first-order valence-electron chi connectivity index (χ1n) is 9.37. The molecule has 1 N–H and O–H groups in total. The highest BCUT2D eigenvalue weighted by molar-refractivity contribution is 6.30. The number of hydrogen-bond acceptors (Lipinski definition) is 6. The van der Waals surface area contributed by atoms with E-state index in [2.05, 4.69) is 15.4 Å². The zero-order chi connectivity index (χ0) is 24.3. The summed E-state index contributed by atoms with van der Waals surface area (Å²) >= 11 is 5.72. The zero-order valence-electron chi connectivity index (χ0n) is 17.2. The van der Waals surface area contributed by atoms with E-state index in [1.807, 2.05) is 0 Å². The standard InChI is InChI=1S/C21H16ClF3N4O4/c1-11-8-16(30)18(28-29(11)15-5-3-4-13(9-15)21(23,24)25)20(32)33-12(2)19(31)27-17-7-6-14(22)10-26-17/h3-10,12H,1-2H3,(H,26,27,31). The van der Waals surface area contributed by atoms with Crippen molar-refractivity contribution in [3.63, 3.8) is 0 Å². The minimum absolute atomic E-state index is 0.0176. The third-order valence-electron chi connectivity index (χ3n) is 4.35. The molecular formula is C21H16ClF3N4O4. The first-order valence-corrected chi connectivity index (χ1v) is 9.75. The average Bonchev–Trinajstić information content (AvgIpc) is 2.74. The van der Waals surface area contributed by atoms with Crippen molar-refractivity contribution in [2.75, 3.05) is 5.32 Å². The Hall–Kier alpha value is -3.73. The lowest BCUT2D eigenvalue weighted by molar-refractivity contribution is -0.137. The largest absolute Gasteiger partial charge is 0.448 e. The number of nitrogens with one attached hydrogen (secondary N) is 1. The van der Waals surface area contributed by atoms with E-state index in [9.17, 15) is 27.6 Å². The van der Waals surface area contributed by atoms with Gasteiger partial charge < -0.3 is 10.1 Å². The third kappa shape index (κ3) is 5.75. The van der Waals surface area contributed by atoms with Crippen LogP contribution in [0.1, 0.15) is 28.7 Å². The molecular weight excluding hydrogens is 465 g/mol. The number of aryl methyl sites for hydroxylation is 1.